The smallest absolute Gasteiger partial charge is 0.337 e. The fourth-order valence-electron chi connectivity index (χ4n) is 1.27. The molecule has 1 aromatic carbocycles. The topological polar surface area (TPSA) is 109 Å². The molecule has 1 rings (SSSR count). The van der Waals surface area contributed by atoms with E-state index in [4.69, 9.17) is 22.4 Å². The van der Waals surface area contributed by atoms with Gasteiger partial charge in [0.25, 0.3) is 0 Å². The molecule has 0 fully saturated rings. The number of nitrogens with one attached hydrogen (secondary N) is 1. The number of sulfonamides is 1. The first-order chi connectivity index (χ1) is 8.79. The van der Waals surface area contributed by atoms with Gasteiger partial charge < -0.3 is 10.8 Å². The van der Waals surface area contributed by atoms with E-state index in [-0.39, 0.29) is 26.5 Å². The summed E-state index contributed by atoms with van der Waals surface area (Å²) in [4.78, 5) is 10.8. The fourth-order valence-corrected chi connectivity index (χ4v) is 3.19. The van der Waals surface area contributed by atoms with Crippen LogP contribution in [0, 0.1) is 0 Å². The first-order valence-corrected chi connectivity index (χ1v) is 7.87. The molecule has 0 heterocycles. The van der Waals surface area contributed by atoms with E-state index < -0.39 is 16.0 Å². The Hall–Kier alpha value is -0.670. The first-order valence-electron chi connectivity index (χ1n) is 5.21. The summed E-state index contributed by atoms with van der Waals surface area (Å²) in [7, 11) is -3.79. The number of halogens is 2. The minimum Gasteiger partial charge on any atom is -0.478 e. The Kier molecular flexibility index (Phi) is 5.75. The molecular formula is C10H12BrClN2O4S. The van der Waals surface area contributed by atoms with E-state index in [1.54, 1.807) is 0 Å². The summed E-state index contributed by atoms with van der Waals surface area (Å²) in [6.45, 7) is 0.536. The number of benzene rings is 1. The van der Waals surface area contributed by atoms with Crippen molar-refractivity contribution in [2.75, 3.05) is 13.1 Å². The second-order valence-corrected chi connectivity index (χ2v) is 6.61. The van der Waals surface area contributed by atoms with Gasteiger partial charge in [0.05, 0.1) is 15.5 Å². The van der Waals surface area contributed by atoms with Gasteiger partial charge in [-0.15, -0.1) is 0 Å². The van der Waals surface area contributed by atoms with E-state index >= 15 is 0 Å². The molecule has 0 saturated carbocycles. The average Bonchev–Trinajstić information content (AvgIpc) is 2.32. The maximum Gasteiger partial charge on any atom is 0.337 e. The second kappa shape index (κ2) is 6.67. The molecule has 9 heteroatoms. The average molecular weight is 372 g/mol. The van der Waals surface area contributed by atoms with Gasteiger partial charge in [0, 0.05) is 11.0 Å². The molecule has 0 radical (unpaired) electrons. The van der Waals surface area contributed by atoms with Crippen LogP contribution in [0.4, 0.5) is 0 Å². The third-order valence-electron chi connectivity index (χ3n) is 2.22. The Bertz CT molecular complexity index is 591. The molecule has 0 spiro atoms. The van der Waals surface area contributed by atoms with Gasteiger partial charge in [0.2, 0.25) is 10.0 Å². The van der Waals surface area contributed by atoms with Gasteiger partial charge in [0.1, 0.15) is 0 Å². The zero-order chi connectivity index (χ0) is 14.6. The number of aromatic carboxylic acids is 1. The molecule has 1 aromatic rings. The van der Waals surface area contributed by atoms with Crippen molar-refractivity contribution in [2.45, 2.75) is 11.3 Å². The maximum absolute atomic E-state index is 11.9. The molecule has 0 atom stereocenters. The van der Waals surface area contributed by atoms with Crippen LogP contribution in [0.5, 0.6) is 0 Å². The highest BCUT2D eigenvalue weighted by atomic mass is 79.9. The van der Waals surface area contributed by atoms with Gasteiger partial charge in [-0.25, -0.2) is 17.9 Å². The van der Waals surface area contributed by atoms with Crippen molar-refractivity contribution >= 4 is 43.5 Å². The molecule has 0 aromatic heterocycles. The SMILES string of the molecule is NCCCNS(=O)(=O)c1cc(Br)c(Cl)c(C(=O)O)c1. The van der Waals surface area contributed by atoms with E-state index in [0.29, 0.717) is 13.0 Å². The van der Waals surface area contributed by atoms with Crippen LogP contribution in [0.3, 0.4) is 0 Å². The molecule has 0 amide bonds. The highest BCUT2D eigenvalue weighted by Gasteiger charge is 2.20. The van der Waals surface area contributed by atoms with Gasteiger partial charge in [-0.2, -0.15) is 0 Å². The predicted molar refractivity (Wildman–Crippen MR) is 75.0 cm³/mol. The molecule has 106 valence electrons. The first kappa shape index (κ1) is 16.4. The van der Waals surface area contributed by atoms with Crippen molar-refractivity contribution in [3.63, 3.8) is 0 Å². The van der Waals surface area contributed by atoms with E-state index in [0.717, 1.165) is 6.07 Å². The standard InChI is InChI=1S/C10H12BrClN2O4S/c11-8-5-6(4-7(9(8)12)10(15)16)19(17,18)14-3-1-2-13/h4-5,14H,1-3,13H2,(H,15,16). The van der Waals surface area contributed by atoms with Crippen LogP contribution < -0.4 is 10.5 Å². The van der Waals surface area contributed by atoms with Crippen LogP contribution >= 0.6 is 27.5 Å². The Morgan fingerprint density at radius 1 is 1.47 bits per heavy atom. The lowest BCUT2D eigenvalue weighted by Gasteiger charge is -2.09. The lowest BCUT2D eigenvalue weighted by atomic mass is 10.2. The van der Waals surface area contributed by atoms with Crippen molar-refractivity contribution in [3.8, 4) is 0 Å². The van der Waals surface area contributed by atoms with Crippen molar-refractivity contribution in [2.24, 2.45) is 5.73 Å². The van der Waals surface area contributed by atoms with E-state index in [9.17, 15) is 13.2 Å². The normalized spacial score (nSPS) is 11.5. The predicted octanol–water partition coefficient (Wildman–Crippen LogP) is 1.43. The summed E-state index contributed by atoms with van der Waals surface area (Å²) < 4.78 is 26.4. The Balaban J connectivity index is 3.17. The van der Waals surface area contributed by atoms with Crippen molar-refractivity contribution in [1.29, 1.82) is 0 Å². The molecule has 0 bridgehead atoms. The highest BCUT2D eigenvalue weighted by molar-refractivity contribution is 9.10. The van der Waals surface area contributed by atoms with Crippen molar-refractivity contribution in [3.05, 3.63) is 27.2 Å². The number of carbonyl (C=O) groups is 1. The van der Waals surface area contributed by atoms with E-state index in [2.05, 4.69) is 20.7 Å². The molecule has 19 heavy (non-hydrogen) atoms. The van der Waals surface area contributed by atoms with E-state index in [1.807, 2.05) is 0 Å². The zero-order valence-electron chi connectivity index (χ0n) is 9.69. The summed E-state index contributed by atoms with van der Waals surface area (Å²) in [5.41, 5.74) is 4.98. The third kappa shape index (κ3) is 4.15. The summed E-state index contributed by atoms with van der Waals surface area (Å²) in [5, 5.41) is 8.91. The van der Waals surface area contributed by atoms with Gasteiger partial charge in [-0.05, 0) is 41.0 Å². The summed E-state index contributed by atoms with van der Waals surface area (Å²) in [5.74, 6) is -1.30. The Morgan fingerprint density at radius 3 is 2.63 bits per heavy atom. The van der Waals surface area contributed by atoms with Gasteiger partial charge in [-0.3, -0.25) is 0 Å². The quantitative estimate of drug-likeness (QED) is 0.655. The van der Waals surface area contributed by atoms with Crippen LogP contribution in [0.15, 0.2) is 21.5 Å². The van der Waals surface area contributed by atoms with Crippen LogP contribution in [0.2, 0.25) is 5.02 Å². The number of carboxylic acids is 1. The van der Waals surface area contributed by atoms with Crippen molar-refractivity contribution < 1.29 is 18.3 Å². The molecule has 0 unspecified atom stereocenters. The third-order valence-corrected chi connectivity index (χ3v) is 4.92. The van der Waals surface area contributed by atoms with Crippen LogP contribution in [-0.2, 0) is 10.0 Å². The van der Waals surface area contributed by atoms with Gasteiger partial charge in [-0.1, -0.05) is 11.6 Å². The number of hydrogen-bond acceptors (Lipinski definition) is 4. The van der Waals surface area contributed by atoms with Crippen LogP contribution in [-0.4, -0.2) is 32.6 Å². The minimum absolute atomic E-state index is 0.0478. The number of rotatable bonds is 6. The molecule has 6 nitrogen and oxygen atoms in total. The Morgan fingerprint density at radius 2 is 2.11 bits per heavy atom. The fraction of sp³-hybridized carbons (Fsp3) is 0.300. The summed E-state index contributed by atoms with van der Waals surface area (Å²) in [6, 6.07) is 2.26. The lowest BCUT2D eigenvalue weighted by Crippen LogP contribution is -2.26. The maximum atomic E-state index is 11.9. The monoisotopic (exact) mass is 370 g/mol. The molecule has 4 N–H and O–H groups in total. The number of hydrogen-bond donors (Lipinski definition) is 3. The second-order valence-electron chi connectivity index (χ2n) is 3.61. The number of nitrogens with two attached hydrogens (primary N) is 1. The lowest BCUT2D eigenvalue weighted by molar-refractivity contribution is 0.0696. The number of carboxylic acid groups (broad SMARTS) is 1. The largest absolute Gasteiger partial charge is 0.478 e. The van der Waals surface area contributed by atoms with E-state index in [1.165, 1.54) is 6.07 Å². The Labute approximate surface area is 124 Å². The molecule has 0 aliphatic heterocycles. The van der Waals surface area contributed by atoms with Crippen LogP contribution in [0.1, 0.15) is 16.8 Å². The molecule has 0 saturated heterocycles. The summed E-state index contributed by atoms with van der Waals surface area (Å²) in [6.07, 6.45) is 0.486. The molecule has 0 aliphatic carbocycles. The van der Waals surface area contributed by atoms with Crippen molar-refractivity contribution in [1.82, 2.24) is 4.72 Å². The molecule has 0 aliphatic rings. The van der Waals surface area contributed by atoms with Crippen LogP contribution in [0.25, 0.3) is 0 Å². The molecular weight excluding hydrogens is 360 g/mol. The zero-order valence-corrected chi connectivity index (χ0v) is 12.8. The van der Waals surface area contributed by atoms with Gasteiger partial charge in [0.15, 0.2) is 0 Å². The minimum atomic E-state index is -3.79. The highest BCUT2D eigenvalue weighted by Crippen LogP contribution is 2.29. The summed E-state index contributed by atoms with van der Waals surface area (Å²) >= 11 is 8.81. The van der Waals surface area contributed by atoms with Gasteiger partial charge >= 0.3 is 5.97 Å².